The van der Waals surface area contributed by atoms with Crippen LogP contribution < -0.4 is 4.72 Å². The van der Waals surface area contributed by atoms with Crippen molar-refractivity contribution in [3.8, 4) is 0 Å². The van der Waals surface area contributed by atoms with Crippen molar-refractivity contribution in [2.45, 2.75) is 11.4 Å². The Balaban J connectivity index is 2.09. The Bertz CT molecular complexity index is 657. The smallest absolute Gasteiger partial charge is 0.242 e. The molecule has 0 fully saturated rings. The molecule has 0 saturated heterocycles. The van der Waals surface area contributed by atoms with E-state index >= 15 is 0 Å². The molecule has 0 aliphatic carbocycles. The van der Waals surface area contributed by atoms with Gasteiger partial charge in [-0.3, -0.25) is 0 Å². The Hall–Kier alpha value is -0.950. The standard InChI is InChI=1S/C12H10BrClN2O2S/c13-10-3-1-9(2-4-10)7-16-19(17,18)11-5-6-12(14)15-8-11/h1-6,8,16H,7H2. The number of hydrogen-bond acceptors (Lipinski definition) is 3. The fourth-order valence-corrected chi connectivity index (χ4v) is 2.72. The fourth-order valence-electron chi connectivity index (χ4n) is 1.39. The summed E-state index contributed by atoms with van der Waals surface area (Å²) in [5.41, 5.74) is 0.869. The lowest BCUT2D eigenvalue weighted by molar-refractivity contribution is 0.581. The molecule has 19 heavy (non-hydrogen) atoms. The van der Waals surface area contributed by atoms with Gasteiger partial charge in [-0.15, -0.1) is 0 Å². The minimum atomic E-state index is -3.57. The van der Waals surface area contributed by atoms with E-state index in [-0.39, 0.29) is 16.6 Å². The third kappa shape index (κ3) is 4.01. The number of rotatable bonds is 4. The first kappa shape index (κ1) is 14.5. The largest absolute Gasteiger partial charge is 0.243 e. The number of nitrogens with zero attached hydrogens (tertiary/aromatic N) is 1. The number of nitrogens with one attached hydrogen (secondary N) is 1. The molecule has 0 aliphatic heterocycles. The van der Waals surface area contributed by atoms with E-state index in [4.69, 9.17) is 11.6 Å². The van der Waals surface area contributed by atoms with E-state index in [0.29, 0.717) is 0 Å². The van der Waals surface area contributed by atoms with Crippen LogP contribution in [0, 0.1) is 0 Å². The second-order valence-electron chi connectivity index (χ2n) is 3.77. The molecule has 0 radical (unpaired) electrons. The number of pyridine rings is 1. The number of aromatic nitrogens is 1. The molecular weight excluding hydrogens is 352 g/mol. The van der Waals surface area contributed by atoms with Crippen LogP contribution in [0.1, 0.15) is 5.56 Å². The molecule has 2 rings (SSSR count). The van der Waals surface area contributed by atoms with Gasteiger partial charge in [0.05, 0.1) is 0 Å². The molecule has 0 unspecified atom stereocenters. The first-order valence-corrected chi connectivity index (χ1v) is 7.98. The predicted octanol–water partition coefficient (Wildman–Crippen LogP) is 2.98. The summed E-state index contributed by atoms with van der Waals surface area (Å²) in [5.74, 6) is 0. The van der Waals surface area contributed by atoms with Crippen LogP contribution in [0.5, 0.6) is 0 Å². The zero-order valence-corrected chi connectivity index (χ0v) is 12.8. The minimum absolute atomic E-state index is 0.0917. The van der Waals surface area contributed by atoms with Crippen LogP contribution in [0.2, 0.25) is 5.15 Å². The maximum Gasteiger partial charge on any atom is 0.242 e. The van der Waals surface area contributed by atoms with Gasteiger partial charge in [-0.1, -0.05) is 39.7 Å². The van der Waals surface area contributed by atoms with Gasteiger partial charge in [0.25, 0.3) is 0 Å². The highest BCUT2D eigenvalue weighted by molar-refractivity contribution is 9.10. The topological polar surface area (TPSA) is 59.1 Å². The van der Waals surface area contributed by atoms with Crippen LogP contribution in [0.15, 0.2) is 52.0 Å². The molecule has 0 aliphatic rings. The van der Waals surface area contributed by atoms with E-state index in [2.05, 4.69) is 25.6 Å². The van der Waals surface area contributed by atoms with Crippen molar-refractivity contribution in [3.05, 3.63) is 57.8 Å². The monoisotopic (exact) mass is 360 g/mol. The zero-order valence-electron chi connectivity index (χ0n) is 9.68. The van der Waals surface area contributed by atoms with Crippen molar-refractivity contribution >= 4 is 37.6 Å². The van der Waals surface area contributed by atoms with E-state index in [0.717, 1.165) is 10.0 Å². The van der Waals surface area contributed by atoms with Crippen molar-refractivity contribution in [2.24, 2.45) is 0 Å². The van der Waals surface area contributed by atoms with Crippen LogP contribution in [0.4, 0.5) is 0 Å². The third-order valence-electron chi connectivity index (χ3n) is 2.39. The van der Waals surface area contributed by atoms with Gasteiger partial charge >= 0.3 is 0 Å². The summed E-state index contributed by atoms with van der Waals surface area (Å²) in [4.78, 5) is 3.84. The van der Waals surface area contributed by atoms with E-state index in [1.165, 1.54) is 18.3 Å². The first-order valence-electron chi connectivity index (χ1n) is 5.33. The summed E-state index contributed by atoms with van der Waals surface area (Å²) < 4.78 is 27.4. The highest BCUT2D eigenvalue weighted by atomic mass is 79.9. The molecule has 0 atom stereocenters. The second-order valence-corrected chi connectivity index (χ2v) is 6.84. The Kier molecular flexibility index (Phi) is 4.57. The summed E-state index contributed by atoms with van der Waals surface area (Å²) in [6.45, 7) is 0.220. The van der Waals surface area contributed by atoms with Crippen LogP contribution in [0.3, 0.4) is 0 Å². The number of sulfonamides is 1. The Morgan fingerprint density at radius 1 is 1.16 bits per heavy atom. The van der Waals surface area contributed by atoms with E-state index in [1.807, 2.05) is 24.3 Å². The van der Waals surface area contributed by atoms with Crippen LogP contribution in [0.25, 0.3) is 0 Å². The zero-order chi connectivity index (χ0) is 13.9. The average Bonchev–Trinajstić information content (AvgIpc) is 2.39. The molecule has 0 bridgehead atoms. The van der Waals surface area contributed by atoms with Crippen molar-refractivity contribution in [2.75, 3.05) is 0 Å². The lowest BCUT2D eigenvalue weighted by Crippen LogP contribution is -2.23. The Morgan fingerprint density at radius 3 is 2.42 bits per heavy atom. The van der Waals surface area contributed by atoms with Crippen LogP contribution >= 0.6 is 27.5 Å². The van der Waals surface area contributed by atoms with Crippen molar-refractivity contribution in [3.63, 3.8) is 0 Å². The summed E-state index contributed by atoms with van der Waals surface area (Å²) in [7, 11) is -3.57. The summed E-state index contributed by atoms with van der Waals surface area (Å²) in [6, 6.07) is 10.2. The van der Waals surface area contributed by atoms with Crippen molar-refractivity contribution < 1.29 is 8.42 Å². The number of hydrogen-bond donors (Lipinski definition) is 1. The highest BCUT2D eigenvalue weighted by Gasteiger charge is 2.13. The van der Waals surface area contributed by atoms with Gasteiger partial charge in [-0.25, -0.2) is 18.1 Å². The first-order chi connectivity index (χ1) is 8.97. The summed E-state index contributed by atoms with van der Waals surface area (Å²) in [5, 5.41) is 0.256. The van der Waals surface area contributed by atoms with Crippen LogP contribution in [-0.2, 0) is 16.6 Å². The van der Waals surface area contributed by atoms with Gasteiger partial charge in [0.1, 0.15) is 10.0 Å². The van der Waals surface area contributed by atoms with Crippen LogP contribution in [-0.4, -0.2) is 13.4 Å². The molecule has 1 aromatic carbocycles. The number of halogens is 2. The molecule has 2 aromatic rings. The maximum atomic E-state index is 12.0. The van der Waals surface area contributed by atoms with Gasteiger partial charge in [-0.05, 0) is 29.8 Å². The molecule has 0 saturated carbocycles. The lowest BCUT2D eigenvalue weighted by Gasteiger charge is -2.06. The Labute approximate surface area is 125 Å². The second kappa shape index (κ2) is 6.00. The fraction of sp³-hybridized carbons (Fsp3) is 0.0833. The minimum Gasteiger partial charge on any atom is -0.243 e. The molecule has 1 aromatic heterocycles. The van der Waals surface area contributed by atoms with Crippen molar-refractivity contribution in [1.82, 2.24) is 9.71 Å². The predicted molar refractivity (Wildman–Crippen MR) is 77.4 cm³/mol. The van der Waals surface area contributed by atoms with E-state index < -0.39 is 10.0 Å². The maximum absolute atomic E-state index is 12.0. The Morgan fingerprint density at radius 2 is 1.84 bits per heavy atom. The molecule has 100 valence electrons. The third-order valence-corrected chi connectivity index (χ3v) is 4.53. The van der Waals surface area contributed by atoms with Gasteiger partial charge in [0.2, 0.25) is 10.0 Å². The summed E-state index contributed by atoms with van der Waals surface area (Å²) in [6.07, 6.45) is 1.23. The quantitative estimate of drug-likeness (QED) is 0.852. The normalized spacial score (nSPS) is 11.5. The van der Waals surface area contributed by atoms with Gasteiger partial charge < -0.3 is 0 Å². The average molecular weight is 362 g/mol. The lowest BCUT2D eigenvalue weighted by atomic mass is 10.2. The molecular formula is C12H10BrClN2O2S. The van der Waals surface area contributed by atoms with Crippen molar-refractivity contribution in [1.29, 1.82) is 0 Å². The molecule has 4 nitrogen and oxygen atoms in total. The van der Waals surface area contributed by atoms with Gasteiger partial charge in [0.15, 0.2) is 0 Å². The SMILES string of the molecule is O=S(=O)(NCc1ccc(Br)cc1)c1ccc(Cl)nc1. The summed E-state index contributed by atoms with van der Waals surface area (Å²) >= 11 is 8.94. The molecule has 0 spiro atoms. The van der Waals surface area contributed by atoms with E-state index in [9.17, 15) is 8.42 Å². The molecule has 1 N–H and O–H groups in total. The highest BCUT2D eigenvalue weighted by Crippen LogP contribution is 2.13. The van der Waals surface area contributed by atoms with Gasteiger partial charge in [-0.2, -0.15) is 0 Å². The number of benzene rings is 1. The molecule has 7 heteroatoms. The van der Waals surface area contributed by atoms with E-state index in [1.54, 1.807) is 0 Å². The van der Waals surface area contributed by atoms with Gasteiger partial charge in [0, 0.05) is 17.2 Å². The molecule has 1 heterocycles. The molecule has 0 amide bonds.